The first-order chi connectivity index (χ1) is 11.2. The molecule has 2 aliphatic rings. The van der Waals surface area contributed by atoms with E-state index in [1.54, 1.807) is 17.1 Å². The lowest BCUT2D eigenvalue weighted by atomic mass is 10.2. The van der Waals surface area contributed by atoms with Gasteiger partial charge >= 0.3 is 0 Å². The van der Waals surface area contributed by atoms with E-state index in [0.29, 0.717) is 11.6 Å². The Hall–Kier alpha value is -2.44. The number of nitrogens with one attached hydrogen (secondary N) is 1. The summed E-state index contributed by atoms with van der Waals surface area (Å²) in [5.41, 5.74) is 1.73. The van der Waals surface area contributed by atoms with Crippen LogP contribution in [-0.4, -0.2) is 44.6 Å². The van der Waals surface area contributed by atoms with Gasteiger partial charge in [-0.3, -0.25) is 4.79 Å². The Labute approximate surface area is 134 Å². The molecule has 4 rings (SSSR count). The van der Waals surface area contributed by atoms with E-state index in [1.807, 2.05) is 19.3 Å². The van der Waals surface area contributed by atoms with E-state index in [4.69, 9.17) is 0 Å². The number of carbonyl (C=O) groups is 1. The normalized spacial score (nSPS) is 20.7. The molecular formula is C16H20N6O. The van der Waals surface area contributed by atoms with E-state index in [9.17, 15) is 4.79 Å². The molecule has 1 N–H and O–H groups in total. The molecule has 23 heavy (non-hydrogen) atoms. The third-order valence-electron chi connectivity index (χ3n) is 4.52. The molecule has 2 aromatic heterocycles. The van der Waals surface area contributed by atoms with Crippen LogP contribution in [0.5, 0.6) is 0 Å². The SMILES string of the molecule is Cn1cncc1C(=O)NC1CCN(c2nccc(C3CC3)n2)C1. The molecule has 1 saturated heterocycles. The molecule has 1 atom stereocenters. The van der Waals surface area contributed by atoms with Crippen molar-refractivity contribution < 1.29 is 4.79 Å². The maximum atomic E-state index is 12.3. The average molecular weight is 312 g/mol. The zero-order chi connectivity index (χ0) is 15.8. The second kappa shape index (κ2) is 5.64. The summed E-state index contributed by atoms with van der Waals surface area (Å²) in [7, 11) is 1.82. The van der Waals surface area contributed by atoms with Crippen molar-refractivity contribution in [2.45, 2.75) is 31.2 Å². The fourth-order valence-corrected chi connectivity index (χ4v) is 3.02. The molecule has 0 spiro atoms. The van der Waals surface area contributed by atoms with Gasteiger partial charge in [0.05, 0.1) is 12.5 Å². The van der Waals surface area contributed by atoms with Gasteiger partial charge in [-0.25, -0.2) is 15.0 Å². The van der Waals surface area contributed by atoms with Crippen molar-refractivity contribution in [1.82, 2.24) is 24.8 Å². The second-order valence-corrected chi connectivity index (χ2v) is 6.35. The van der Waals surface area contributed by atoms with E-state index < -0.39 is 0 Å². The lowest BCUT2D eigenvalue weighted by Gasteiger charge is -2.17. The Kier molecular flexibility index (Phi) is 3.48. The number of aryl methyl sites for hydroxylation is 1. The molecule has 3 heterocycles. The van der Waals surface area contributed by atoms with E-state index in [-0.39, 0.29) is 11.9 Å². The molecule has 1 unspecified atom stereocenters. The molecule has 7 nitrogen and oxygen atoms in total. The van der Waals surface area contributed by atoms with Gasteiger partial charge in [0.1, 0.15) is 5.69 Å². The summed E-state index contributed by atoms with van der Waals surface area (Å²) in [6.07, 6.45) is 8.44. The minimum Gasteiger partial charge on any atom is -0.346 e. The Morgan fingerprint density at radius 2 is 2.22 bits per heavy atom. The van der Waals surface area contributed by atoms with Crippen molar-refractivity contribution in [3.05, 3.63) is 36.2 Å². The monoisotopic (exact) mass is 312 g/mol. The highest BCUT2D eigenvalue weighted by Crippen LogP contribution is 2.39. The minimum atomic E-state index is -0.0792. The van der Waals surface area contributed by atoms with Crippen molar-refractivity contribution in [1.29, 1.82) is 0 Å². The van der Waals surface area contributed by atoms with Gasteiger partial charge in [-0.05, 0) is 25.3 Å². The summed E-state index contributed by atoms with van der Waals surface area (Å²) in [4.78, 5) is 27.5. The standard InChI is InChI=1S/C16H20N6O/c1-21-10-17-8-14(21)15(23)19-12-5-7-22(9-12)16-18-6-4-13(20-16)11-2-3-11/h4,6,8,10-12H,2-3,5,7,9H2,1H3,(H,19,23). The predicted molar refractivity (Wildman–Crippen MR) is 85.3 cm³/mol. The van der Waals surface area contributed by atoms with Crippen LogP contribution in [0.2, 0.25) is 0 Å². The second-order valence-electron chi connectivity index (χ2n) is 6.35. The van der Waals surface area contributed by atoms with Crippen molar-refractivity contribution in [3.63, 3.8) is 0 Å². The molecule has 1 amide bonds. The van der Waals surface area contributed by atoms with E-state index in [2.05, 4.69) is 25.2 Å². The zero-order valence-electron chi connectivity index (χ0n) is 13.1. The van der Waals surface area contributed by atoms with Gasteiger partial charge in [-0.1, -0.05) is 0 Å². The van der Waals surface area contributed by atoms with E-state index >= 15 is 0 Å². The average Bonchev–Trinajstić information content (AvgIpc) is 3.16. The van der Waals surface area contributed by atoms with Gasteiger partial charge in [0.2, 0.25) is 5.95 Å². The number of aromatic nitrogens is 4. The van der Waals surface area contributed by atoms with Crippen LogP contribution in [0.15, 0.2) is 24.8 Å². The maximum Gasteiger partial charge on any atom is 0.269 e. The third-order valence-corrected chi connectivity index (χ3v) is 4.52. The molecule has 0 bridgehead atoms. The van der Waals surface area contributed by atoms with Crippen LogP contribution in [0.25, 0.3) is 0 Å². The minimum absolute atomic E-state index is 0.0792. The summed E-state index contributed by atoms with van der Waals surface area (Å²) in [6, 6.07) is 2.13. The number of carbonyl (C=O) groups excluding carboxylic acids is 1. The van der Waals surface area contributed by atoms with Crippen LogP contribution in [0.1, 0.15) is 41.4 Å². The topological polar surface area (TPSA) is 75.9 Å². The number of anilines is 1. The molecule has 120 valence electrons. The Balaban J connectivity index is 1.40. The van der Waals surface area contributed by atoms with E-state index in [0.717, 1.165) is 31.2 Å². The number of hydrogen-bond acceptors (Lipinski definition) is 5. The molecule has 1 aliphatic carbocycles. The summed E-state index contributed by atoms with van der Waals surface area (Å²) >= 11 is 0. The van der Waals surface area contributed by atoms with Gasteiger partial charge in [-0.15, -0.1) is 0 Å². The number of nitrogens with zero attached hydrogens (tertiary/aromatic N) is 5. The van der Waals surface area contributed by atoms with Crippen molar-refractivity contribution >= 4 is 11.9 Å². The summed E-state index contributed by atoms with van der Waals surface area (Å²) in [5.74, 6) is 1.33. The first kappa shape index (κ1) is 14.2. The van der Waals surface area contributed by atoms with Crippen LogP contribution < -0.4 is 10.2 Å². The van der Waals surface area contributed by atoms with E-state index in [1.165, 1.54) is 12.8 Å². The molecule has 0 radical (unpaired) electrons. The number of imidazole rings is 1. The number of amides is 1. The van der Waals surface area contributed by atoms with Gasteiger partial charge in [0.15, 0.2) is 0 Å². The fraction of sp³-hybridized carbons (Fsp3) is 0.500. The molecule has 1 saturated carbocycles. The highest BCUT2D eigenvalue weighted by molar-refractivity contribution is 5.92. The van der Waals surface area contributed by atoms with Crippen LogP contribution in [-0.2, 0) is 7.05 Å². The van der Waals surface area contributed by atoms with Crippen molar-refractivity contribution in [3.8, 4) is 0 Å². The summed E-state index contributed by atoms with van der Waals surface area (Å²) < 4.78 is 1.73. The lowest BCUT2D eigenvalue weighted by Crippen LogP contribution is -2.38. The van der Waals surface area contributed by atoms with Gasteiger partial charge in [0, 0.05) is 44.0 Å². The first-order valence-corrected chi connectivity index (χ1v) is 8.06. The third kappa shape index (κ3) is 2.91. The van der Waals surface area contributed by atoms with Crippen molar-refractivity contribution in [2.75, 3.05) is 18.0 Å². The van der Waals surface area contributed by atoms with Crippen LogP contribution in [0.3, 0.4) is 0 Å². The molecular weight excluding hydrogens is 292 g/mol. The van der Waals surface area contributed by atoms with Crippen LogP contribution in [0, 0.1) is 0 Å². The smallest absolute Gasteiger partial charge is 0.269 e. The molecule has 1 aliphatic heterocycles. The quantitative estimate of drug-likeness (QED) is 0.915. The number of hydrogen-bond donors (Lipinski definition) is 1. The highest BCUT2D eigenvalue weighted by atomic mass is 16.2. The summed E-state index contributed by atoms with van der Waals surface area (Å²) in [6.45, 7) is 1.61. The molecule has 2 fully saturated rings. The van der Waals surface area contributed by atoms with Gasteiger partial charge in [0.25, 0.3) is 5.91 Å². The Morgan fingerprint density at radius 1 is 1.35 bits per heavy atom. The molecule has 0 aromatic carbocycles. The largest absolute Gasteiger partial charge is 0.346 e. The van der Waals surface area contributed by atoms with Crippen LogP contribution >= 0.6 is 0 Å². The maximum absolute atomic E-state index is 12.3. The fourth-order valence-electron chi connectivity index (χ4n) is 3.02. The highest BCUT2D eigenvalue weighted by Gasteiger charge is 2.29. The van der Waals surface area contributed by atoms with Gasteiger partial charge < -0.3 is 14.8 Å². The molecule has 2 aromatic rings. The predicted octanol–water partition coefficient (Wildman–Crippen LogP) is 1.10. The summed E-state index contributed by atoms with van der Waals surface area (Å²) in [5, 5.41) is 3.07. The van der Waals surface area contributed by atoms with Gasteiger partial charge in [-0.2, -0.15) is 0 Å². The Morgan fingerprint density at radius 3 is 2.96 bits per heavy atom. The Bertz CT molecular complexity index is 723. The lowest BCUT2D eigenvalue weighted by molar-refractivity contribution is 0.0932. The van der Waals surface area contributed by atoms with Crippen molar-refractivity contribution in [2.24, 2.45) is 7.05 Å². The number of rotatable bonds is 4. The van der Waals surface area contributed by atoms with Crippen LogP contribution in [0.4, 0.5) is 5.95 Å². The molecule has 7 heteroatoms. The zero-order valence-corrected chi connectivity index (χ0v) is 13.1. The first-order valence-electron chi connectivity index (χ1n) is 8.06.